The fraction of sp³-hybridized carbons (Fsp3) is 0.375. The molecule has 0 unspecified atom stereocenters. The summed E-state index contributed by atoms with van der Waals surface area (Å²) in [5.41, 5.74) is 6.15. The minimum atomic E-state index is -0.00435. The number of amides is 1. The van der Waals surface area contributed by atoms with Crippen molar-refractivity contribution in [1.29, 1.82) is 0 Å². The second kappa shape index (κ2) is 7.69. The predicted octanol–water partition coefficient (Wildman–Crippen LogP) is 4.49. The van der Waals surface area contributed by atoms with Crippen molar-refractivity contribution in [2.24, 2.45) is 0 Å². The molecule has 0 radical (unpaired) electrons. The summed E-state index contributed by atoms with van der Waals surface area (Å²) in [5, 5.41) is 2.87. The molecule has 0 saturated carbocycles. The van der Waals surface area contributed by atoms with Crippen LogP contribution in [0.15, 0.2) is 60.2 Å². The zero-order valence-electron chi connectivity index (χ0n) is 16.2. The molecule has 2 bridgehead atoms. The van der Waals surface area contributed by atoms with Crippen LogP contribution in [0.5, 0.6) is 0 Å². The fourth-order valence-corrected chi connectivity index (χ4v) is 4.67. The van der Waals surface area contributed by atoms with Gasteiger partial charge in [-0.1, -0.05) is 48.0 Å². The van der Waals surface area contributed by atoms with Crippen LogP contribution in [-0.2, 0) is 0 Å². The summed E-state index contributed by atoms with van der Waals surface area (Å²) >= 11 is 0. The average Bonchev–Trinajstić information content (AvgIpc) is 2.91. The van der Waals surface area contributed by atoms with Crippen molar-refractivity contribution in [3.63, 3.8) is 0 Å². The van der Waals surface area contributed by atoms with Gasteiger partial charge in [0.15, 0.2) is 0 Å². The molecule has 2 aromatic rings. The zero-order chi connectivity index (χ0) is 18.8. The lowest BCUT2D eigenvalue weighted by atomic mass is 9.85. The first kappa shape index (κ1) is 18.0. The Morgan fingerprint density at radius 2 is 1.48 bits per heavy atom. The highest BCUT2D eigenvalue weighted by atomic mass is 16.1. The summed E-state index contributed by atoms with van der Waals surface area (Å²) in [4.78, 5) is 14.7. The maximum Gasteiger partial charge on any atom is 0.251 e. The minimum Gasteiger partial charge on any atom is -0.352 e. The van der Waals surface area contributed by atoms with Crippen LogP contribution in [0.2, 0.25) is 0 Å². The molecule has 3 heteroatoms. The summed E-state index contributed by atoms with van der Waals surface area (Å²) < 4.78 is 0. The van der Waals surface area contributed by atoms with E-state index in [0.717, 1.165) is 18.4 Å². The van der Waals surface area contributed by atoms with Crippen LogP contribution in [0.3, 0.4) is 0 Å². The largest absolute Gasteiger partial charge is 0.352 e. The smallest absolute Gasteiger partial charge is 0.251 e. The van der Waals surface area contributed by atoms with Crippen molar-refractivity contribution >= 4 is 11.5 Å². The van der Waals surface area contributed by atoms with E-state index >= 15 is 0 Å². The first-order valence-corrected chi connectivity index (χ1v) is 10.1. The summed E-state index contributed by atoms with van der Waals surface area (Å²) in [7, 11) is 2.28. The molecule has 0 aliphatic carbocycles. The Morgan fingerprint density at radius 1 is 0.926 bits per heavy atom. The summed E-state index contributed by atoms with van der Waals surface area (Å²) in [6.45, 7) is 2.59. The van der Waals surface area contributed by atoms with Gasteiger partial charge in [0.05, 0.1) is 0 Å². The molecular formula is C24H28N2O. The van der Waals surface area contributed by atoms with Gasteiger partial charge in [-0.25, -0.2) is 0 Å². The first-order valence-electron chi connectivity index (χ1n) is 10.1. The maximum atomic E-state index is 12.1. The molecule has 3 nitrogen and oxygen atoms in total. The number of carbonyl (C=O) groups is 1. The van der Waals surface area contributed by atoms with Gasteiger partial charge in [-0.05, 0) is 68.5 Å². The number of piperidine rings is 1. The standard InChI is InChI=1S/C24H28N2O/c1-3-25-24(27)19-11-9-18(10-12-19)23(17-7-5-4-6-8-17)20-15-21-13-14-22(16-20)26(21)2/h4-12,21-22H,3,13-16H2,1-2H3,(H,25,27)/t21-,22+. The molecular weight excluding hydrogens is 332 g/mol. The van der Waals surface area contributed by atoms with Gasteiger partial charge < -0.3 is 5.32 Å². The Morgan fingerprint density at radius 3 is 2.07 bits per heavy atom. The van der Waals surface area contributed by atoms with Gasteiger partial charge in [-0.3, -0.25) is 9.69 Å². The topological polar surface area (TPSA) is 32.3 Å². The van der Waals surface area contributed by atoms with Crippen LogP contribution in [-0.4, -0.2) is 36.5 Å². The van der Waals surface area contributed by atoms with Crippen LogP contribution in [0, 0.1) is 0 Å². The molecule has 27 heavy (non-hydrogen) atoms. The number of carbonyl (C=O) groups excluding carboxylic acids is 1. The van der Waals surface area contributed by atoms with E-state index in [2.05, 4.69) is 59.7 Å². The predicted molar refractivity (Wildman–Crippen MR) is 111 cm³/mol. The van der Waals surface area contributed by atoms with Crippen molar-refractivity contribution in [1.82, 2.24) is 10.2 Å². The van der Waals surface area contributed by atoms with Gasteiger partial charge in [0.25, 0.3) is 5.91 Å². The number of nitrogens with zero attached hydrogens (tertiary/aromatic N) is 1. The Balaban J connectivity index is 1.74. The average molecular weight is 361 g/mol. The van der Waals surface area contributed by atoms with E-state index in [4.69, 9.17) is 0 Å². The van der Waals surface area contributed by atoms with E-state index in [0.29, 0.717) is 18.6 Å². The molecule has 1 N–H and O–H groups in total. The molecule has 2 saturated heterocycles. The van der Waals surface area contributed by atoms with E-state index in [1.807, 2.05) is 19.1 Å². The Kier molecular flexibility index (Phi) is 5.13. The van der Waals surface area contributed by atoms with E-state index in [9.17, 15) is 4.79 Å². The first-order chi connectivity index (χ1) is 13.2. The van der Waals surface area contributed by atoms with E-state index in [-0.39, 0.29) is 5.91 Å². The lowest BCUT2D eigenvalue weighted by Crippen LogP contribution is -2.37. The van der Waals surface area contributed by atoms with E-state index in [1.165, 1.54) is 29.5 Å². The lowest BCUT2D eigenvalue weighted by molar-refractivity contribution is 0.0956. The summed E-state index contributed by atoms with van der Waals surface area (Å²) in [5.74, 6) is -0.00435. The molecule has 2 aromatic carbocycles. The van der Waals surface area contributed by atoms with Gasteiger partial charge in [-0.15, -0.1) is 0 Å². The fourth-order valence-electron chi connectivity index (χ4n) is 4.67. The SMILES string of the molecule is CCNC(=O)c1ccc(C(=C2C[C@H]3CC[C@@H](C2)N3C)c2ccccc2)cc1. The number of nitrogens with one attached hydrogen (secondary N) is 1. The lowest BCUT2D eigenvalue weighted by Gasteiger charge is -2.34. The van der Waals surface area contributed by atoms with Crippen molar-refractivity contribution in [2.45, 2.75) is 44.7 Å². The highest BCUT2D eigenvalue weighted by Crippen LogP contribution is 2.42. The second-order valence-electron chi connectivity index (χ2n) is 7.74. The zero-order valence-corrected chi connectivity index (χ0v) is 16.2. The normalized spacial score (nSPS) is 23.9. The summed E-state index contributed by atoms with van der Waals surface area (Å²) in [6, 6.07) is 20.2. The number of rotatable bonds is 4. The van der Waals surface area contributed by atoms with Crippen LogP contribution < -0.4 is 5.32 Å². The van der Waals surface area contributed by atoms with Crippen molar-refractivity contribution in [3.05, 3.63) is 76.9 Å². The molecule has 0 spiro atoms. The molecule has 4 rings (SSSR count). The Labute approximate surface area is 162 Å². The second-order valence-corrected chi connectivity index (χ2v) is 7.74. The molecule has 1 amide bonds. The molecule has 2 aliphatic heterocycles. The highest BCUT2D eigenvalue weighted by Gasteiger charge is 2.37. The maximum absolute atomic E-state index is 12.1. The number of hydrogen-bond donors (Lipinski definition) is 1. The molecule has 2 aliphatic rings. The summed E-state index contributed by atoms with van der Waals surface area (Å²) in [6.07, 6.45) is 4.91. The molecule has 2 atom stereocenters. The van der Waals surface area contributed by atoms with E-state index in [1.54, 1.807) is 5.57 Å². The third-order valence-corrected chi connectivity index (χ3v) is 6.14. The molecule has 140 valence electrons. The van der Waals surface area contributed by atoms with Gasteiger partial charge in [-0.2, -0.15) is 0 Å². The molecule has 0 aromatic heterocycles. The van der Waals surface area contributed by atoms with E-state index < -0.39 is 0 Å². The van der Waals surface area contributed by atoms with Gasteiger partial charge in [0, 0.05) is 24.2 Å². The third kappa shape index (κ3) is 3.57. The minimum absolute atomic E-state index is 0.00435. The van der Waals surface area contributed by atoms with Crippen molar-refractivity contribution in [2.75, 3.05) is 13.6 Å². The quantitative estimate of drug-likeness (QED) is 0.871. The number of benzene rings is 2. The van der Waals surface area contributed by atoms with Crippen LogP contribution in [0.1, 0.15) is 54.1 Å². The van der Waals surface area contributed by atoms with Crippen LogP contribution in [0.25, 0.3) is 5.57 Å². The molecule has 2 heterocycles. The van der Waals surface area contributed by atoms with Gasteiger partial charge in [0.2, 0.25) is 0 Å². The monoisotopic (exact) mass is 360 g/mol. The Bertz CT molecular complexity index is 822. The molecule has 2 fully saturated rings. The van der Waals surface area contributed by atoms with Gasteiger partial charge in [0.1, 0.15) is 0 Å². The number of hydrogen-bond acceptors (Lipinski definition) is 2. The Hall–Kier alpha value is -2.39. The van der Waals surface area contributed by atoms with Gasteiger partial charge >= 0.3 is 0 Å². The van der Waals surface area contributed by atoms with Crippen molar-refractivity contribution < 1.29 is 4.79 Å². The third-order valence-electron chi connectivity index (χ3n) is 6.14. The van der Waals surface area contributed by atoms with Crippen LogP contribution >= 0.6 is 0 Å². The van der Waals surface area contributed by atoms with Crippen molar-refractivity contribution in [3.8, 4) is 0 Å². The highest BCUT2D eigenvalue weighted by molar-refractivity contribution is 5.95. The van der Waals surface area contributed by atoms with Crippen LogP contribution in [0.4, 0.5) is 0 Å². The number of fused-ring (bicyclic) bond motifs is 2.